The molecule has 0 atom stereocenters. The SMILES string of the molecule is Cc1cc(Br)ccc1C(=O)N1CC2(CCC2)C1. The highest BCUT2D eigenvalue weighted by Crippen LogP contribution is 2.48. The van der Waals surface area contributed by atoms with Gasteiger partial charge in [0.05, 0.1) is 0 Å². The van der Waals surface area contributed by atoms with E-state index in [2.05, 4.69) is 15.9 Å². The predicted molar refractivity (Wildman–Crippen MR) is 71.1 cm³/mol. The van der Waals surface area contributed by atoms with Gasteiger partial charge in [0.1, 0.15) is 0 Å². The lowest BCUT2D eigenvalue weighted by Crippen LogP contribution is -2.61. The Bertz CT molecular complexity index is 471. The van der Waals surface area contributed by atoms with E-state index in [1.807, 2.05) is 30.0 Å². The minimum atomic E-state index is 0.201. The van der Waals surface area contributed by atoms with E-state index < -0.39 is 0 Å². The molecule has 1 aromatic rings. The Morgan fingerprint density at radius 1 is 1.35 bits per heavy atom. The second-order valence-electron chi connectivity index (χ2n) is 5.47. The standard InChI is InChI=1S/C14H16BrNO/c1-10-7-11(15)3-4-12(10)13(17)16-8-14(9-16)5-2-6-14/h3-4,7H,2,5-6,8-9H2,1H3. The predicted octanol–water partition coefficient (Wildman–Crippen LogP) is 3.38. The first kappa shape index (κ1) is 11.3. The third-order valence-corrected chi connectivity index (χ3v) is 4.67. The molecule has 2 aliphatic rings. The molecular weight excluding hydrogens is 278 g/mol. The smallest absolute Gasteiger partial charge is 0.254 e. The van der Waals surface area contributed by atoms with E-state index in [4.69, 9.17) is 0 Å². The maximum atomic E-state index is 12.3. The van der Waals surface area contributed by atoms with Crippen LogP contribution in [0.3, 0.4) is 0 Å². The maximum absolute atomic E-state index is 12.3. The van der Waals surface area contributed by atoms with Gasteiger partial charge in [0.2, 0.25) is 0 Å². The summed E-state index contributed by atoms with van der Waals surface area (Å²) in [6.45, 7) is 3.94. The Morgan fingerprint density at radius 2 is 2.06 bits per heavy atom. The van der Waals surface area contributed by atoms with Gasteiger partial charge in [-0.25, -0.2) is 0 Å². The summed E-state index contributed by atoms with van der Waals surface area (Å²) in [5, 5.41) is 0. The zero-order valence-corrected chi connectivity index (χ0v) is 11.6. The number of amides is 1. The van der Waals surface area contributed by atoms with Crippen LogP contribution in [0.2, 0.25) is 0 Å². The van der Waals surface area contributed by atoms with Gasteiger partial charge < -0.3 is 4.90 Å². The molecule has 0 bridgehead atoms. The van der Waals surface area contributed by atoms with Crippen LogP contribution in [-0.2, 0) is 0 Å². The molecule has 0 radical (unpaired) electrons. The van der Waals surface area contributed by atoms with Gasteiger partial charge in [0.15, 0.2) is 0 Å². The second-order valence-corrected chi connectivity index (χ2v) is 6.39. The summed E-state index contributed by atoms with van der Waals surface area (Å²) in [4.78, 5) is 14.3. The van der Waals surface area contributed by atoms with Crippen LogP contribution < -0.4 is 0 Å². The van der Waals surface area contributed by atoms with Crippen molar-refractivity contribution in [1.29, 1.82) is 0 Å². The molecule has 0 N–H and O–H groups in total. The minimum absolute atomic E-state index is 0.201. The van der Waals surface area contributed by atoms with Crippen LogP contribution >= 0.6 is 15.9 Å². The molecule has 1 aromatic carbocycles. The van der Waals surface area contributed by atoms with Crippen LogP contribution in [0.1, 0.15) is 35.2 Å². The normalized spacial score (nSPS) is 20.9. The van der Waals surface area contributed by atoms with Gasteiger partial charge in [-0.2, -0.15) is 0 Å². The molecule has 2 fully saturated rings. The summed E-state index contributed by atoms with van der Waals surface area (Å²) in [5.41, 5.74) is 2.42. The van der Waals surface area contributed by atoms with Gasteiger partial charge >= 0.3 is 0 Å². The highest BCUT2D eigenvalue weighted by Gasteiger charge is 2.49. The number of carbonyl (C=O) groups excluding carboxylic acids is 1. The van der Waals surface area contributed by atoms with E-state index in [-0.39, 0.29) is 5.91 Å². The molecule has 1 heterocycles. The third kappa shape index (κ3) is 1.81. The fourth-order valence-corrected chi connectivity index (χ4v) is 3.41. The highest BCUT2D eigenvalue weighted by molar-refractivity contribution is 9.10. The van der Waals surface area contributed by atoms with Gasteiger partial charge in [-0.15, -0.1) is 0 Å². The number of rotatable bonds is 1. The molecule has 1 aliphatic heterocycles. The molecule has 1 saturated carbocycles. The van der Waals surface area contributed by atoms with Crippen molar-refractivity contribution >= 4 is 21.8 Å². The van der Waals surface area contributed by atoms with E-state index in [0.717, 1.165) is 28.7 Å². The molecule has 3 heteroatoms. The summed E-state index contributed by atoms with van der Waals surface area (Å²) >= 11 is 3.43. The molecule has 2 nitrogen and oxygen atoms in total. The van der Waals surface area contributed by atoms with Crippen molar-refractivity contribution in [2.24, 2.45) is 5.41 Å². The van der Waals surface area contributed by atoms with E-state index in [9.17, 15) is 4.79 Å². The van der Waals surface area contributed by atoms with Crippen LogP contribution in [0.15, 0.2) is 22.7 Å². The van der Waals surface area contributed by atoms with Crippen LogP contribution in [0.5, 0.6) is 0 Å². The van der Waals surface area contributed by atoms with E-state index >= 15 is 0 Å². The summed E-state index contributed by atoms with van der Waals surface area (Å²) in [6.07, 6.45) is 3.98. The molecule has 1 spiro atoms. The Kier molecular flexibility index (Phi) is 2.54. The van der Waals surface area contributed by atoms with Crippen molar-refractivity contribution in [3.05, 3.63) is 33.8 Å². The largest absolute Gasteiger partial charge is 0.337 e. The molecule has 1 saturated heterocycles. The first-order valence-electron chi connectivity index (χ1n) is 6.15. The quantitative estimate of drug-likeness (QED) is 0.777. The minimum Gasteiger partial charge on any atom is -0.337 e. The molecule has 17 heavy (non-hydrogen) atoms. The number of aryl methyl sites for hydroxylation is 1. The molecule has 0 unspecified atom stereocenters. The van der Waals surface area contributed by atoms with Crippen molar-refractivity contribution in [1.82, 2.24) is 4.90 Å². The number of nitrogens with zero attached hydrogens (tertiary/aromatic N) is 1. The van der Waals surface area contributed by atoms with Gasteiger partial charge in [0.25, 0.3) is 5.91 Å². The molecule has 90 valence electrons. The monoisotopic (exact) mass is 293 g/mol. The molecule has 3 rings (SSSR count). The summed E-state index contributed by atoms with van der Waals surface area (Å²) in [6, 6.07) is 5.87. The summed E-state index contributed by atoms with van der Waals surface area (Å²) in [5.74, 6) is 0.201. The number of benzene rings is 1. The van der Waals surface area contributed by atoms with E-state index in [0.29, 0.717) is 5.41 Å². The van der Waals surface area contributed by atoms with Crippen molar-refractivity contribution < 1.29 is 4.79 Å². The Hall–Kier alpha value is -0.830. The second kappa shape index (κ2) is 3.84. The van der Waals surface area contributed by atoms with Crippen LogP contribution in [-0.4, -0.2) is 23.9 Å². The zero-order chi connectivity index (χ0) is 12.0. The lowest BCUT2D eigenvalue weighted by atomic mass is 9.63. The third-order valence-electron chi connectivity index (χ3n) is 4.17. The van der Waals surface area contributed by atoms with Crippen molar-refractivity contribution in [2.45, 2.75) is 26.2 Å². The number of hydrogen-bond acceptors (Lipinski definition) is 1. The molecular formula is C14H16BrNO. The zero-order valence-electron chi connectivity index (χ0n) is 10.0. The number of carbonyl (C=O) groups is 1. The fourth-order valence-electron chi connectivity index (χ4n) is 2.94. The van der Waals surface area contributed by atoms with E-state index in [1.54, 1.807) is 0 Å². The number of hydrogen-bond donors (Lipinski definition) is 0. The Morgan fingerprint density at radius 3 is 2.59 bits per heavy atom. The Labute approximate surface area is 110 Å². The van der Waals surface area contributed by atoms with Gasteiger partial charge in [-0.05, 0) is 43.5 Å². The molecule has 0 aromatic heterocycles. The van der Waals surface area contributed by atoms with Crippen molar-refractivity contribution in [2.75, 3.05) is 13.1 Å². The first-order chi connectivity index (χ1) is 8.10. The van der Waals surface area contributed by atoms with Crippen molar-refractivity contribution in [3.63, 3.8) is 0 Å². The number of halogens is 1. The first-order valence-corrected chi connectivity index (χ1v) is 6.94. The van der Waals surface area contributed by atoms with Crippen LogP contribution in [0.25, 0.3) is 0 Å². The lowest BCUT2D eigenvalue weighted by molar-refractivity contribution is -0.0426. The topological polar surface area (TPSA) is 20.3 Å². The average molecular weight is 294 g/mol. The van der Waals surface area contributed by atoms with Crippen LogP contribution in [0, 0.1) is 12.3 Å². The average Bonchev–Trinajstić information content (AvgIpc) is 2.12. The summed E-state index contributed by atoms with van der Waals surface area (Å²) < 4.78 is 1.03. The van der Waals surface area contributed by atoms with Crippen LogP contribution in [0.4, 0.5) is 0 Å². The molecule has 1 aliphatic carbocycles. The molecule has 1 amide bonds. The highest BCUT2D eigenvalue weighted by atomic mass is 79.9. The van der Waals surface area contributed by atoms with E-state index in [1.165, 1.54) is 19.3 Å². The fraction of sp³-hybridized carbons (Fsp3) is 0.500. The lowest BCUT2D eigenvalue weighted by Gasteiger charge is -2.56. The number of likely N-dealkylation sites (tertiary alicyclic amines) is 1. The van der Waals surface area contributed by atoms with Gasteiger partial charge in [-0.3, -0.25) is 4.79 Å². The summed E-state index contributed by atoms with van der Waals surface area (Å²) in [7, 11) is 0. The Balaban J connectivity index is 1.74. The van der Waals surface area contributed by atoms with Gasteiger partial charge in [0, 0.05) is 28.5 Å². The van der Waals surface area contributed by atoms with Gasteiger partial charge in [-0.1, -0.05) is 22.4 Å². The van der Waals surface area contributed by atoms with Crippen molar-refractivity contribution in [3.8, 4) is 0 Å². The maximum Gasteiger partial charge on any atom is 0.254 e.